The van der Waals surface area contributed by atoms with Gasteiger partial charge in [-0.1, -0.05) is 28.1 Å². The van der Waals surface area contributed by atoms with Crippen molar-refractivity contribution in [3.05, 3.63) is 56.7 Å². The normalized spacial score (nSPS) is 12.2. The second-order valence-corrected chi connectivity index (χ2v) is 5.92. The van der Waals surface area contributed by atoms with Crippen LogP contribution in [-0.4, -0.2) is 4.98 Å². The zero-order valence-electron chi connectivity index (χ0n) is 10.2. The first kappa shape index (κ1) is 13.6. The van der Waals surface area contributed by atoms with E-state index in [1.54, 1.807) is 0 Å². The standard InChI is InChI=1S/C14H14Br2N2/c1-9-7-13(8-17-14(9)16)18-10(2)11-3-5-12(15)6-4-11/h3-8,10,18H,1-2H3. The lowest BCUT2D eigenvalue weighted by atomic mass is 10.1. The van der Waals surface area contributed by atoms with Crippen molar-refractivity contribution in [3.63, 3.8) is 0 Å². The quantitative estimate of drug-likeness (QED) is 0.762. The molecule has 0 bridgehead atoms. The van der Waals surface area contributed by atoms with Crippen LogP contribution in [0.5, 0.6) is 0 Å². The van der Waals surface area contributed by atoms with Crippen LogP contribution >= 0.6 is 31.9 Å². The van der Waals surface area contributed by atoms with Crippen LogP contribution in [0.2, 0.25) is 0 Å². The van der Waals surface area contributed by atoms with Crippen molar-refractivity contribution < 1.29 is 0 Å². The molecule has 2 nitrogen and oxygen atoms in total. The van der Waals surface area contributed by atoms with Crippen molar-refractivity contribution in [1.29, 1.82) is 0 Å². The molecule has 94 valence electrons. The van der Waals surface area contributed by atoms with Gasteiger partial charge in [0.25, 0.3) is 0 Å². The fourth-order valence-corrected chi connectivity index (χ4v) is 2.20. The smallest absolute Gasteiger partial charge is 0.109 e. The van der Waals surface area contributed by atoms with Gasteiger partial charge in [0.2, 0.25) is 0 Å². The Hall–Kier alpha value is -0.870. The molecule has 0 saturated heterocycles. The minimum atomic E-state index is 0.250. The number of aromatic nitrogens is 1. The fourth-order valence-electron chi connectivity index (χ4n) is 1.72. The maximum atomic E-state index is 4.29. The third-order valence-electron chi connectivity index (χ3n) is 2.77. The molecule has 18 heavy (non-hydrogen) atoms. The number of pyridine rings is 1. The molecule has 2 rings (SSSR count). The van der Waals surface area contributed by atoms with Gasteiger partial charge in [-0.25, -0.2) is 4.98 Å². The average molecular weight is 370 g/mol. The van der Waals surface area contributed by atoms with Crippen LogP contribution in [0.15, 0.2) is 45.6 Å². The SMILES string of the molecule is Cc1cc(NC(C)c2ccc(Br)cc2)cnc1Br. The van der Waals surface area contributed by atoms with Crippen LogP contribution in [-0.2, 0) is 0 Å². The molecule has 0 spiro atoms. The van der Waals surface area contributed by atoms with Crippen molar-refractivity contribution >= 4 is 37.5 Å². The lowest BCUT2D eigenvalue weighted by molar-refractivity contribution is 0.881. The van der Waals surface area contributed by atoms with Gasteiger partial charge in [0, 0.05) is 10.5 Å². The largest absolute Gasteiger partial charge is 0.377 e. The van der Waals surface area contributed by atoms with Gasteiger partial charge < -0.3 is 5.32 Å². The average Bonchev–Trinajstić information content (AvgIpc) is 2.34. The van der Waals surface area contributed by atoms with Gasteiger partial charge in [-0.2, -0.15) is 0 Å². The molecule has 1 heterocycles. The van der Waals surface area contributed by atoms with E-state index in [0.29, 0.717) is 0 Å². The molecule has 0 aliphatic carbocycles. The minimum absolute atomic E-state index is 0.250. The Kier molecular flexibility index (Phi) is 4.40. The van der Waals surface area contributed by atoms with Crippen molar-refractivity contribution in [1.82, 2.24) is 4.98 Å². The fraction of sp³-hybridized carbons (Fsp3) is 0.214. The summed E-state index contributed by atoms with van der Waals surface area (Å²) in [4.78, 5) is 4.29. The van der Waals surface area contributed by atoms with Crippen LogP contribution in [0.25, 0.3) is 0 Å². The number of anilines is 1. The molecule has 0 saturated carbocycles. The number of benzene rings is 1. The lowest BCUT2D eigenvalue weighted by Gasteiger charge is -2.16. The van der Waals surface area contributed by atoms with E-state index >= 15 is 0 Å². The highest BCUT2D eigenvalue weighted by Crippen LogP contribution is 2.23. The maximum Gasteiger partial charge on any atom is 0.109 e. The van der Waals surface area contributed by atoms with E-state index in [0.717, 1.165) is 20.3 Å². The van der Waals surface area contributed by atoms with Crippen molar-refractivity contribution in [2.75, 3.05) is 5.32 Å². The van der Waals surface area contributed by atoms with E-state index in [4.69, 9.17) is 0 Å². The van der Waals surface area contributed by atoms with Gasteiger partial charge in [0.1, 0.15) is 4.60 Å². The molecular weight excluding hydrogens is 356 g/mol. The molecule has 1 N–H and O–H groups in total. The third-order valence-corrected chi connectivity index (χ3v) is 4.13. The summed E-state index contributed by atoms with van der Waals surface area (Å²) in [6, 6.07) is 10.7. The first-order valence-corrected chi connectivity index (χ1v) is 7.29. The summed E-state index contributed by atoms with van der Waals surface area (Å²) in [5.41, 5.74) is 3.41. The minimum Gasteiger partial charge on any atom is -0.377 e. The first-order valence-electron chi connectivity index (χ1n) is 5.70. The molecule has 0 aliphatic heterocycles. The predicted molar refractivity (Wildman–Crippen MR) is 82.9 cm³/mol. The third kappa shape index (κ3) is 3.33. The van der Waals surface area contributed by atoms with E-state index in [1.165, 1.54) is 5.56 Å². The second-order valence-electron chi connectivity index (χ2n) is 4.25. The molecule has 0 aliphatic rings. The number of hydrogen-bond acceptors (Lipinski definition) is 2. The Morgan fingerprint density at radius 2 is 1.83 bits per heavy atom. The first-order chi connectivity index (χ1) is 8.56. The van der Waals surface area contributed by atoms with E-state index in [-0.39, 0.29) is 6.04 Å². The molecule has 0 radical (unpaired) electrons. The highest BCUT2D eigenvalue weighted by atomic mass is 79.9. The lowest BCUT2D eigenvalue weighted by Crippen LogP contribution is -2.07. The van der Waals surface area contributed by atoms with Gasteiger partial charge in [0.05, 0.1) is 11.9 Å². The Balaban J connectivity index is 2.13. The molecule has 0 fully saturated rings. The summed E-state index contributed by atoms with van der Waals surface area (Å²) in [5.74, 6) is 0. The Morgan fingerprint density at radius 1 is 1.17 bits per heavy atom. The Bertz CT molecular complexity index is 538. The number of hydrogen-bond donors (Lipinski definition) is 1. The van der Waals surface area contributed by atoms with Gasteiger partial charge in [0.15, 0.2) is 0 Å². The summed E-state index contributed by atoms with van der Waals surface area (Å²) < 4.78 is 1.99. The van der Waals surface area contributed by atoms with Crippen LogP contribution < -0.4 is 5.32 Å². The number of aryl methyl sites for hydroxylation is 1. The van der Waals surface area contributed by atoms with Gasteiger partial charge in [-0.15, -0.1) is 0 Å². The highest BCUT2D eigenvalue weighted by Gasteiger charge is 2.06. The number of rotatable bonds is 3. The summed E-state index contributed by atoms with van der Waals surface area (Å²) in [6.07, 6.45) is 1.84. The topological polar surface area (TPSA) is 24.9 Å². The number of nitrogens with one attached hydrogen (secondary N) is 1. The van der Waals surface area contributed by atoms with Crippen molar-refractivity contribution in [3.8, 4) is 0 Å². The Morgan fingerprint density at radius 3 is 2.44 bits per heavy atom. The van der Waals surface area contributed by atoms with Crippen LogP contribution in [0.4, 0.5) is 5.69 Å². The van der Waals surface area contributed by atoms with Crippen molar-refractivity contribution in [2.24, 2.45) is 0 Å². The second kappa shape index (κ2) is 5.85. The molecule has 4 heteroatoms. The van der Waals surface area contributed by atoms with Crippen LogP contribution in [0.3, 0.4) is 0 Å². The monoisotopic (exact) mass is 368 g/mol. The van der Waals surface area contributed by atoms with E-state index in [9.17, 15) is 0 Å². The number of halogens is 2. The van der Waals surface area contributed by atoms with Crippen LogP contribution in [0.1, 0.15) is 24.1 Å². The van der Waals surface area contributed by atoms with Gasteiger partial charge >= 0.3 is 0 Å². The molecule has 0 amide bonds. The van der Waals surface area contributed by atoms with Gasteiger partial charge in [-0.3, -0.25) is 0 Å². The number of nitrogens with zero attached hydrogens (tertiary/aromatic N) is 1. The zero-order chi connectivity index (χ0) is 13.1. The summed E-state index contributed by atoms with van der Waals surface area (Å²) >= 11 is 6.85. The highest BCUT2D eigenvalue weighted by molar-refractivity contribution is 9.10. The summed E-state index contributed by atoms with van der Waals surface area (Å²) in [5, 5.41) is 3.45. The summed E-state index contributed by atoms with van der Waals surface area (Å²) in [7, 11) is 0. The predicted octanol–water partition coefficient (Wildman–Crippen LogP) is 5.09. The molecule has 1 atom stereocenters. The molecule has 1 unspecified atom stereocenters. The van der Waals surface area contributed by atoms with E-state index in [1.807, 2.05) is 13.1 Å². The molecular formula is C14H14Br2N2. The zero-order valence-corrected chi connectivity index (χ0v) is 13.4. The van der Waals surface area contributed by atoms with Crippen molar-refractivity contribution in [2.45, 2.75) is 19.9 Å². The van der Waals surface area contributed by atoms with Crippen LogP contribution in [0, 0.1) is 6.92 Å². The van der Waals surface area contributed by atoms with Gasteiger partial charge in [-0.05, 0) is 59.1 Å². The Labute approximate surface area is 124 Å². The summed E-state index contributed by atoms with van der Waals surface area (Å²) in [6.45, 7) is 4.17. The molecule has 2 aromatic rings. The van der Waals surface area contributed by atoms with E-state index < -0.39 is 0 Å². The molecule has 1 aromatic heterocycles. The maximum absolute atomic E-state index is 4.29. The molecule has 1 aromatic carbocycles. The van der Waals surface area contributed by atoms with E-state index in [2.05, 4.69) is 79.4 Å².